The lowest BCUT2D eigenvalue weighted by atomic mass is 9.99. The molecule has 1 unspecified atom stereocenters. The van der Waals surface area contributed by atoms with Gasteiger partial charge < -0.3 is 15.4 Å². The standard InChI is InChI=1S/C15H22FN3O4S/c1-11(20)19-14-8-12(4-5-13(14)16)24(21,22)18-9-15(10-23-2)6-3-7-17-15/h4-5,8,17-18H,3,6-7,9-10H2,1-2H3,(H,19,20). The minimum Gasteiger partial charge on any atom is -0.383 e. The molecule has 2 rings (SSSR count). The van der Waals surface area contributed by atoms with Gasteiger partial charge in [-0.15, -0.1) is 0 Å². The zero-order valence-electron chi connectivity index (χ0n) is 13.7. The van der Waals surface area contributed by atoms with Crippen LogP contribution in [0.25, 0.3) is 0 Å². The molecule has 0 radical (unpaired) electrons. The van der Waals surface area contributed by atoms with Gasteiger partial charge in [0.05, 0.1) is 22.7 Å². The van der Waals surface area contributed by atoms with E-state index in [-0.39, 0.29) is 17.1 Å². The van der Waals surface area contributed by atoms with Crippen molar-refractivity contribution in [2.24, 2.45) is 0 Å². The highest BCUT2D eigenvalue weighted by molar-refractivity contribution is 7.89. The van der Waals surface area contributed by atoms with E-state index in [2.05, 4.69) is 15.4 Å². The van der Waals surface area contributed by atoms with Crippen molar-refractivity contribution in [3.05, 3.63) is 24.0 Å². The molecule has 0 spiro atoms. The molecule has 1 amide bonds. The highest BCUT2D eigenvalue weighted by Gasteiger charge is 2.34. The molecule has 1 aromatic carbocycles. The molecular formula is C15H22FN3O4S. The second kappa shape index (κ2) is 7.56. The van der Waals surface area contributed by atoms with Gasteiger partial charge in [0, 0.05) is 20.6 Å². The molecule has 1 heterocycles. The molecule has 1 atom stereocenters. The first-order chi connectivity index (χ1) is 11.3. The third kappa shape index (κ3) is 4.50. The van der Waals surface area contributed by atoms with Gasteiger partial charge in [0.1, 0.15) is 5.82 Å². The zero-order valence-corrected chi connectivity index (χ0v) is 14.5. The first-order valence-corrected chi connectivity index (χ1v) is 9.07. The number of sulfonamides is 1. The van der Waals surface area contributed by atoms with Crippen LogP contribution >= 0.6 is 0 Å². The number of halogens is 1. The van der Waals surface area contributed by atoms with Gasteiger partial charge in [-0.3, -0.25) is 4.79 Å². The summed E-state index contributed by atoms with van der Waals surface area (Å²) in [4.78, 5) is 11.0. The van der Waals surface area contributed by atoms with Gasteiger partial charge in [-0.1, -0.05) is 0 Å². The van der Waals surface area contributed by atoms with E-state index in [1.165, 1.54) is 6.92 Å². The Bertz CT molecular complexity index is 703. The summed E-state index contributed by atoms with van der Waals surface area (Å²) in [6.45, 7) is 2.57. The summed E-state index contributed by atoms with van der Waals surface area (Å²) in [6, 6.07) is 3.27. The molecule has 1 aromatic rings. The Kier molecular flexibility index (Phi) is 5.92. The Hall–Kier alpha value is -1.55. The molecule has 0 aliphatic carbocycles. The Balaban J connectivity index is 2.16. The van der Waals surface area contributed by atoms with Crippen molar-refractivity contribution >= 4 is 21.6 Å². The number of amides is 1. The van der Waals surface area contributed by atoms with E-state index in [9.17, 15) is 17.6 Å². The third-order valence-electron chi connectivity index (χ3n) is 3.91. The predicted molar refractivity (Wildman–Crippen MR) is 87.7 cm³/mol. The van der Waals surface area contributed by atoms with Crippen LogP contribution in [-0.4, -0.2) is 46.7 Å². The Morgan fingerprint density at radius 1 is 1.46 bits per heavy atom. The van der Waals surface area contributed by atoms with Crippen LogP contribution in [-0.2, 0) is 19.6 Å². The van der Waals surface area contributed by atoms with Gasteiger partial charge in [-0.25, -0.2) is 17.5 Å². The van der Waals surface area contributed by atoms with Crippen molar-refractivity contribution in [1.82, 2.24) is 10.0 Å². The molecule has 3 N–H and O–H groups in total. The van der Waals surface area contributed by atoms with Crippen molar-refractivity contribution < 1.29 is 22.3 Å². The van der Waals surface area contributed by atoms with E-state index in [0.717, 1.165) is 37.6 Å². The molecule has 9 heteroatoms. The van der Waals surface area contributed by atoms with Crippen molar-refractivity contribution in [1.29, 1.82) is 0 Å². The number of carbonyl (C=O) groups is 1. The molecule has 0 saturated carbocycles. The fourth-order valence-electron chi connectivity index (χ4n) is 2.74. The van der Waals surface area contributed by atoms with Crippen LogP contribution in [0.3, 0.4) is 0 Å². The SMILES string of the molecule is COCC1(CNS(=O)(=O)c2ccc(F)c(NC(C)=O)c2)CCCN1. The summed E-state index contributed by atoms with van der Waals surface area (Å²) in [7, 11) is -2.28. The largest absolute Gasteiger partial charge is 0.383 e. The van der Waals surface area contributed by atoms with E-state index in [1.54, 1.807) is 7.11 Å². The predicted octanol–water partition coefficient (Wildman–Crippen LogP) is 0.831. The lowest BCUT2D eigenvalue weighted by molar-refractivity contribution is -0.114. The molecule has 7 nitrogen and oxygen atoms in total. The minimum atomic E-state index is -3.84. The third-order valence-corrected chi connectivity index (χ3v) is 5.31. The van der Waals surface area contributed by atoms with Gasteiger partial charge >= 0.3 is 0 Å². The smallest absolute Gasteiger partial charge is 0.240 e. The molecule has 1 aliphatic heterocycles. The number of hydrogen-bond donors (Lipinski definition) is 3. The number of anilines is 1. The maximum atomic E-state index is 13.7. The fraction of sp³-hybridized carbons (Fsp3) is 0.533. The second-order valence-electron chi connectivity index (χ2n) is 5.89. The average Bonchev–Trinajstić information content (AvgIpc) is 2.96. The van der Waals surface area contributed by atoms with Crippen LogP contribution < -0.4 is 15.4 Å². The number of hydrogen-bond acceptors (Lipinski definition) is 5. The highest BCUT2D eigenvalue weighted by Crippen LogP contribution is 2.22. The maximum Gasteiger partial charge on any atom is 0.240 e. The molecule has 1 saturated heterocycles. The summed E-state index contributed by atoms with van der Waals surface area (Å²) in [5, 5.41) is 5.54. The molecular weight excluding hydrogens is 337 g/mol. The summed E-state index contributed by atoms with van der Waals surface area (Å²) in [6.07, 6.45) is 1.73. The van der Waals surface area contributed by atoms with Crippen LogP contribution in [0.5, 0.6) is 0 Å². The number of methoxy groups -OCH3 is 1. The van der Waals surface area contributed by atoms with Crippen molar-refractivity contribution in [2.75, 3.05) is 32.1 Å². The second-order valence-corrected chi connectivity index (χ2v) is 7.66. The summed E-state index contributed by atoms with van der Waals surface area (Å²) in [5.74, 6) is -1.18. The van der Waals surface area contributed by atoms with Crippen molar-refractivity contribution in [3.63, 3.8) is 0 Å². The van der Waals surface area contributed by atoms with Gasteiger partial charge in [-0.2, -0.15) is 0 Å². The van der Waals surface area contributed by atoms with Gasteiger partial charge in [-0.05, 0) is 37.6 Å². The highest BCUT2D eigenvalue weighted by atomic mass is 32.2. The Labute approximate surface area is 141 Å². The molecule has 134 valence electrons. The first kappa shape index (κ1) is 18.8. The summed E-state index contributed by atoms with van der Waals surface area (Å²) < 4.78 is 46.3. The molecule has 1 aliphatic rings. The topological polar surface area (TPSA) is 96.5 Å². The van der Waals surface area contributed by atoms with Gasteiger partial charge in [0.25, 0.3) is 0 Å². The summed E-state index contributed by atoms with van der Waals surface area (Å²) >= 11 is 0. The molecule has 24 heavy (non-hydrogen) atoms. The van der Waals surface area contributed by atoms with Crippen LogP contribution in [0.2, 0.25) is 0 Å². The molecule has 0 bridgehead atoms. The van der Waals surface area contributed by atoms with E-state index in [0.29, 0.717) is 6.61 Å². The minimum absolute atomic E-state index is 0.113. The van der Waals surface area contributed by atoms with Gasteiger partial charge in [0.15, 0.2) is 0 Å². The number of carbonyl (C=O) groups excluding carboxylic acids is 1. The Morgan fingerprint density at radius 2 is 2.21 bits per heavy atom. The van der Waals surface area contributed by atoms with Crippen LogP contribution in [0, 0.1) is 5.82 Å². The lowest BCUT2D eigenvalue weighted by Gasteiger charge is -2.28. The van der Waals surface area contributed by atoms with E-state index in [4.69, 9.17) is 4.74 Å². The molecule has 1 fully saturated rings. The fourth-order valence-corrected chi connectivity index (χ4v) is 3.90. The van der Waals surface area contributed by atoms with E-state index < -0.39 is 27.3 Å². The number of nitrogens with one attached hydrogen (secondary N) is 3. The van der Waals surface area contributed by atoms with E-state index >= 15 is 0 Å². The quantitative estimate of drug-likeness (QED) is 0.670. The van der Waals surface area contributed by atoms with Crippen LogP contribution in [0.1, 0.15) is 19.8 Å². The zero-order chi connectivity index (χ0) is 17.8. The van der Waals surface area contributed by atoms with Crippen molar-refractivity contribution in [2.45, 2.75) is 30.2 Å². The van der Waals surface area contributed by atoms with Crippen molar-refractivity contribution in [3.8, 4) is 0 Å². The first-order valence-electron chi connectivity index (χ1n) is 7.59. The molecule has 0 aromatic heterocycles. The maximum absolute atomic E-state index is 13.7. The lowest BCUT2D eigenvalue weighted by Crippen LogP contribution is -2.52. The van der Waals surface area contributed by atoms with E-state index in [1.807, 2.05) is 0 Å². The normalized spacial score (nSPS) is 21.0. The van der Waals surface area contributed by atoms with Gasteiger partial charge in [0.2, 0.25) is 15.9 Å². The van der Waals surface area contributed by atoms with Crippen LogP contribution in [0.4, 0.5) is 10.1 Å². The van der Waals surface area contributed by atoms with Crippen LogP contribution in [0.15, 0.2) is 23.1 Å². The number of benzene rings is 1. The monoisotopic (exact) mass is 359 g/mol. The average molecular weight is 359 g/mol. The number of ether oxygens (including phenoxy) is 1. The summed E-state index contributed by atoms with van der Waals surface area (Å²) in [5.41, 5.74) is -0.613. The number of rotatable bonds is 7. The Morgan fingerprint density at radius 3 is 2.79 bits per heavy atom.